The smallest absolute Gasteiger partial charge is 0.333 e. The van der Waals surface area contributed by atoms with Crippen LogP contribution in [0.2, 0.25) is 0 Å². The number of benzene rings is 1. The molecule has 1 saturated heterocycles. The molecule has 1 unspecified atom stereocenters. The molecule has 4 rings (SSSR count). The Hall–Kier alpha value is -2.22. The van der Waals surface area contributed by atoms with E-state index in [0.717, 1.165) is 43.5 Å². The SMILES string of the molecule is COC(=O)C(NC(=O)c1cc2c(s1)CCOC21CCNCC1)c1cccc(C)c1. The van der Waals surface area contributed by atoms with Crippen LogP contribution in [-0.4, -0.2) is 38.7 Å². The number of piperidine rings is 1. The molecular formula is C22H26N2O4S. The number of carbonyl (C=O) groups is 2. The Kier molecular flexibility index (Phi) is 5.72. The highest BCUT2D eigenvalue weighted by molar-refractivity contribution is 7.14. The third-order valence-electron chi connectivity index (χ3n) is 5.73. The van der Waals surface area contributed by atoms with E-state index < -0.39 is 12.0 Å². The Morgan fingerprint density at radius 3 is 2.79 bits per heavy atom. The normalized spacial score (nSPS) is 18.7. The van der Waals surface area contributed by atoms with Crippen molar-refractivity contribution in [2.45, 2.75) is 37.8 Å². The van der Waals surface area contributed by atoms with Gasteiger partial charge in [-0.25, -0.2) is 4.79 Å². The summed E-state index contributed by atoms with van der Waals surface area (Å²) in [5.41, 5.74) is 2.59. The zero-order valence-corrected chi connectivity index (χ0v) is 17.6. The molecule has 7 heteroatoms. The Balaban J connectivity index is 1.60. The van der Waals surface area contributed by atoms with Gasteiger partial charge in [0.2, 0.25) is 0 Å². The first-order valence-electron chi connectivity index (χ1n) is 9.95. The number of thiophene rings is 1. The van der Waals surface area contributed by atoms with Gasteiger partial charge in [-0.3, -0.25) is 4.79 Å². The van der Waals surface area contributed by atoms with Gasteiger partial charge in [-0.15, -0.1) is 11.3 Å². The second-order valence-corrected chi connectivity index (χ2v) is 8.77. The average molecular weight is 415 g/mol. The van der Waals surface area contributed by atoms with Gasteiger partial charge in [0.1, 0.15) is 0 Å². The molecule has 0 bridgehead atoms. The summed E-state index contributed by atoms with van der Waals surface area (Å²) in [6.45, 7) is 4.46. The van der Waals surface area contributed by atoms with Gasteiger partial charge in [0.25, 0.3) is 5.91 Å². The minimum absolute atomic E-state index is 0.259. The number of fused-ring (bicyclic) bond motifs is 2. The number of esters is 1. The maximum atomic E-state index is 13.1. The maximum absolute atomic E-state index is 13.1. The molecule has 1 aromatic carbocycles. The van der Waals surface area contributed by atoms with Crippen molar-refractivity contribution in [1.82, 2.24) is 10.6 Å². The van der Waals surface area contributed by atoms with Crippen molar-refractivity contribution in [3.05, 3.63) is 56.8 Å². The first-order valence-corrected chi connectivity index (χ1v) is 10.8. The van der Waals surface area contributed by atoms with E-state index in [1.165, 1.54) is 23.3 Å². The molecule has 29 heavy (non-hydrogen) atoms. The summed E-state index contributed by atoms with van der Waals surface area (Å²) >= 11 is 1.51. The number of hydrogen-bond acceptors (Lipinski definition) is 6. The third-order valence-corrected chi connectivity index (χ3v) is 6.92. The van der Waals surface area contributed by atoms with Gasteiger partial charge in [0.15, 0.2) is 6.04 Å². The number of aryl methyl sites for hydroxylation is 1. The van der Waals surface area contributed by atoms with Crippen LogP contribution in [0.4, 0.5) is 0 Å². The molecule has 0 radical (unpaired) electrons. The van der Waals surface area contributed by atoms with Crippen molar-refractivity contribution in [2.75, 3.05) is 26.8 Å². The van der Waals surface area contributed by atoms with Gasteiger partial charge in [0.05, 0.1) is 24.2 Å². The minimum atomic E-state index is -0.837. The van der Waals surface area contributed by atoms with Gasteiger partial charge in [-0.05, 0) is 50.0 Å². The molecule has 3 heterocycles. The van der Waals surface area contributed by atoms with Crippen LogP contribution in [0, 0.1) is 6.92 Å². The molecule has 2 aromatic rings. The predicted octanol–water partition coefficient (Wildman–Crippen LogP) is 2.85. The maximum Gasteiger partial charge on any atom is 0.333 e. The summed E-state index contributed by atoms with van der Waals surface area (Å²) in [5, 5.41) is 6.25. The molecule has 1 fully saturated rings. The van der Waals surface area contributed by atoms with Gasteiger partial charge < -0.3 is 20.1 Å². The third kappa shape index (κ3) is 3.95. The van der Waals surface area contributed by atoms with Crippen molar-refractivity contribution in [3.8, 4) is 0 Å². The van der Waals surface area contributed by atoms with Crippen molar-refractivity contribution in [3.63, 3.8) is 0 Å². The fraction of sp³-hybridized carbons (Fsp3) is 0.455. The van der Waals surface area contributed by atoms with Gasteiger partial charge in [0, 0.05) is 11.3 Å². The highest BCUT2D eigenvalue weighted by Gasteiger charge is 2.41. The van der Waals surface area contributed by atoms with Crippen LogP contribution in [-0.2, 0) is 26.3 Å². The number of carbonyl (C=O) groups excluding carboxylic acids is 2. The van der Waals surface area contributed by atoms with E-state index >= 15 is 0 Å². The van der Waals surface area contributed by atoms with Crippen LogP contribution in [0.25, 0.3) is 0 Å². The number of ether oxygens (including phenoxy) is 2. The quantitative estimate of drug-likeness (QED) is 0.753. The molecule has 154 valence electrons. The second kappa shape index (κ2) is 8.26. The molecule has 1 amide bonds. The zero-order chi connectivity index (χ0) is 20.4. The average Bonchev–Trinajstić information content (AvgIpc) is 3.18. The summed E-state index contributed by atoms with van der Waals surface area (Å²) in [6, 6.07) is 8.66. The molecule has 0 saturated carbocycles. The fourth-order valence-corrected chi connectivity index (χ4v) is 5.36. The van der Waals surface area contributed by atoms with E-state index in [9.17, 15) is 9.59 Å². The second-order valence-electron chi connectivity index (χ2n) is 7.63. The molecule has 2 N–H and O–H groups in total. The molecule has 1 atom stereocenters. The molecule has 6 nitrogen and oxygen atoms in total. The highest BCUT2D eigenvalue weighted by Crippen LogP contribution is 2.43. The molecule has 1 aromatic heterocycles. The van der Waals surface area contributed by atoms with Crippen LogP contribution in [0.5, 0.6) is 0 Å². The minimum Gasteiger partial charge on any atom is -0.467 e. The van der Waals surface area contributed by atoms with E-state index in [1.807, 2.05) is 37.3 Å². The number of hydrogen-bond donors (Lipinski definition) is 2. The van der Waals surface area contributed by atoms with Crippen LogP contribution in [0.1, 0.15) is 50.1 Å². The Morgan fingerprint density at radius 2 is 2.07 bits per heavy atom. The van der Waals surface area contributed by atoms with Gasteiger partial charge >= 0.3 is 5.97 Å². The lowest BCUT2D eigenvalue weighted by molar-refractivity contribution is -0.143. The number of nitrogens with one attached hydrogen (secondary N) is 2. The van der Waals surface area contributed by atoms with Crippen molar-refractivity contribution < 1.29 is 19.1 Å². The number of rotatable bonds is 4. The molecule has 1 spiro atoms. The Labute approximate surface area is 174 Å². The Morgan fingerprint density at radius 1 is 1.28 bits per heavy atom. The van der Waals surface area contributed by atoms with E-state index in [4.69, 9.17) is 9.47 Å². The van der Waals surface area contributed by atoms with Crippen LogP contribution in [0.15, 0.2) is 30.3 Å². The van der Waals surface area contributed by atoms with Gasteiger partial charge in [-0.2, -0.15) is 0 Å². The van der Waals surface area contributed by atoms with Crippen LogP contribution < -0.4 is 10.6 Å². The highest BCUT2D eigenvalue weighted by atomic mass is 32.1. The molecule has 0 aliphatic carbocycles. The summed E-state index contributed by atoms with van der Waals surface area (Å²) in [4.78, 5) is 27.3. The summed E-state index contributed by atoms with van der Waals surface area (Å²) < 4.78 is 11.1. The van der Waals surface area contributed by atoms with E-state index in [0.29, 0.717) is 17.0 Å². The molecular weight excluding hydrogens is 388 g/mol. The lowest BCUT2D eigenvalue weighted by atomic mass is 9.83. The van der Waals surface area contributed by atoms with Gasteiger partial charge in [-0.1, -0.05) is 29.8 Å². The Bertz CT molecular complexity index is 917. The summed E-state index contributed by atoms with van der Waals surface area (Å²) in [7, 11) is 1.33. The van der Waals surface area contributed by atoms with E-state index in [1.54, 1.807) is 0 Å². The first kappa shape index (κ1) is 20.1. The topological polar surface area (TPSA) is 76.7 Å². The van der Waals surface area contributed by atoms with E-state index in [2.05, 4.69) is 10.6 Å². The lowest BCUT2D eigenvalue weighted by Gasteiger charge is -2.40. The molecule has 2 aliphatic heterocycles. The van der Waals surface area contributed by atoms with Crippen molar-refractivity contribution >= 4 is 23.2 Å². The van der Waals surface area contributed by atoms with Crippen LogP contribution in [0.3, 0.4) is 0 Å². The predicted molar refractivity (Wildman–Crippen MR) is 111 cm³/mol. The van der Waals surface area contributed by atoms with Crippen molar-refractivity contribution in [2.24, 2.45) is 0 Å². The first-order chi connectivity index (χ1) is 14.0. The monoisotopic (exact) mass is 414 g/mol. The zero-order valence-electron chi connectivity index (χ0n) is 16.7. The summed E-state index contributed by atoms with van der Waals surface area (Å²) in [5.74, 6) is -0.742. The number of amides is 1. The number of methoxy groups -OCH3 is 1. The van der Waals surface area contributed by atoms with E-state index in [-0.39, 0.29) is 11.5 Å². The largest absolute Gasteiger partial charge is 0.467 e. The lowest BCUT2D eigenvalue weighted by Crippen LogP contribution is -2.44. The molecule has 2 aliphatic rings. The van der Waals surface area contributed by atoms with Crippen molar-refractivity contribution in [1.29, 1.82) is 0 Å². The van der Waals surface area contributed by atoms with Crippen LogP contribution >= 0.6 is 11.3 Å². The fourth-order valence-electron chi connectivity index (χ4n) is 4.22. The standard InChI is InChI=1S/C22H26N2O4S/c1-14-4-3-5-15(12-14)19(21(26)27-2)24-20(25)18-13-16-17(29-18)6-11-28-22(16)7-9-23-10-8-22/h3-5,12-13,19,23H,6-11H2,1-2H3,(H,24,25). The summed E-state index contributed by atoms with van der Waals surface area (Å²) in [6.07, 6.45) is 2.64.